The molecule has 0 aliphatic rings. The fourth-order valence-electron chi connectivity index (χ4n) is 1.97. The summed E-state index contributed by atoms with van der Waals surface area (Å²) >= 11 is 3.43. The lowest BCUT2D eigenvalue weighted by Crippen LogP contribution is -2.06. The molecular formula is C16H16BrNO2. The SMILES string of the molecule is CCOc1ccc(C(=O)c2cc(N)ccc2C)c(Br)c1. The summed E-state index contributed by atoms with van der Waals surface area (Å²) in [6, 6.07) is 10.7. The van der Waals surface area contributed by atoms with Crippen LogP contribution in [0, 0.1) is 6.92 Å². The molecule has 0 saturated heterocycles. The van der Waals surface area contributed by atoms with Crippen LogP contribution in [0.15, 0.2) is 40.9 Å². The number of anilines is 1. The van der Waals surface area contributed by atoms with Crippen molar-refractivity contribution in [3.05, 3.63) is 57.6 Å². The molecule has 0 aliphatic heterocycles. The molecule has 0 aliphatic carbocycles. The molecule has 0 fully saturated rings. The molecule has 0 heterocycles. The number of rotatable bonds is 4. The van der Waals surface area contributed by atoms with Gasteiger partial charge in [-0.2, -0.15) is 0 Å². The van der Waals surface area contributed by atoms with Crippen molar-refractivity contribution in [1.29, 1.82) is 0 Å². The number of benzene rings is 2. The minimum atomic E-state index is -0.0512. The molecule has 0 bridgehead atoms. The molecule has 0 aromatic heterocycles. The van der Waals surface area contributed by atoms with Crippen LogP contribution in [-0.4, -0.2) is 12.4 Å². The summed E-state index contributed by atoms with van der Waals surface area (Å²) in [6.45, 7) is 4.41. The Hall–Kier alpha value is -1.81. The molecule has 104 valence electrons. The number of hydrogen-bond acceptors (Lipinski definition) is 3. The fraction of sp³-hybridized carbons (Fsp3) is 0.188. The van der Waals surface area contributed by atoms with Gasteiger partial charge in [0.2, 0.25) is 0 Å². The van der Waals surface area contributed by atoms with E-state index in [1.54, 1.807) is 30.3 Å². The van der Waals surface area contributed by atoms with Crippen molar-refractivity contribution in [1.82, 2.24) is 0 Å². The van der Waals surface area contributed by atoms with Crippen LogP contribution in [0.3, 0.4) is 0 Å². The summed E-state index contributed by atoms with van der Waals surface area (Å²) in [5.41, 5.74) is 8.47. The van der Waals surface area contributed by atoms with Crippen molar-refractivity contribution >= 4 is 27.4 Å². The van der Waals surface area contributed by atoms with Gasteiger partial charge in [-0.3, -0.25) is 4.79 Å². The molecule has 0 atom stereocenters. The second-order valence-corrected chi connectivity index (χ2v) is 5.33. The highest BCUT2D eigenvalue weighted by atomic mass is 79.9. The van der Waals surface area contributed by atoms with Crippen LogP contribution in [0.25, 0.3) is 0 Å². The average Bonchev–Trinajstić information content (AvgIpc) is 2.41. The minimum absolute atomic E-state index is 0.0512. The van der Waals surface area contributed by atoms with E-state index in [4.69, 9.17) is 10.5 Å². The Morgan fingerprint density at radius 2 is 1.95 bits per heavy atom. The summed E-state index contributed by atoms with van der Waals surface area (Å²) in [4.78, 5) is 12.6. The van der Waals surface area contributed by atoms with Crippen molar-refractivity contribution in [2.75, 3.05) is 12.3 Å². The smallest absolute Gasteiger partial charge is 0.194 e. The molecule has 0 radical (unpaired) electrons. The molecule has 4 heteroatoms. The van der Waals surface area contributed by atoms with Gasteiger partial charge in [-0.1, -0.05) is 6.07 Å². The molecule has 2 rings (SSSR count). The summed E-state index contributed by atoms with van der Waals surface area (Å²) < 4.78 is 6.13. The molecule has 20 heavy (non-hydrogen) atoms. The van der Waals surface area contributed by atoms with Crippen LogP contribution in [0.4, 0.5) is 5.69 Å². The summed E-state index contributed by atoms with van der Waals surface area (Å²) in [6.07, 6.45) is 0. The van der Waals surface area contributed by atoms with E-state index in [9.17, 15) is 4.79 Å². The molecule has 0 spiro atoms. The standard InChI is InChI=1S/C16H16BrNO2/c1-3-20-12-6-7-13(15(17)9-12)16(19)14-8-11(18)5-4-10(14)2/h4-9H,3,18H2,1-2H3. The van der Waals surface area contributed by atoms with E-state index in [0.717, 1.165) is 15.8 Å². The largest absolute Gasteiger partial charge is 0.494 e. The topological polar surface area (TPSA) is 52.3 Å². The third kappa shape index (κ3) is 3.02. The Kier molecular flexibility index (Phi) is 4.45. The number of nitrogens with two attached hydrogens (primary N) is 1. The van der Waals surface area contributed by atoms with E-state index in [-0.39, 0.29) is 5.78 Å². The Balaban J connectivity index is 2.40. The highest BCUT2D eigenvalue weighted by Gasteiger charge is 2.15. The van der Waals surface area contributed by atoms with Gasteiger partial charge in [0.1, 0.15) is 5.75 Å². The van der Waals surface area contributed by atoms with Crippen molar-refractivity contribution in [3.63, 3.8) is 0 Å². The Morgan fingerprint density at radius 3 is 2.60 bits per heavy atom. The zero-order valence-corrected chi connectivity index (χ0v) is 13.0. The van der Waals surface area contributed by atoms with E-state index in [0.29, 0.717) is 23.4 Å². The van der Waals surface area contributed by atoms with E-state index < -0.39 is 0 Å². The molecule has 3 nitrogen and oxygen atoms in total. The number of ketones is 1. The summed E-state index contributed by atoms with van der Waals surface area (Å²) in [7, 11) is 0. The van der Waals surface area contributed by atoms with Gasteiger partial charge < -0.3 is 10.5 Å². The van der Waals surface area contributed by atoms with Crippen molar-refractivity contribution in [3.8, 4) is 5.75 Å². The minimum Gasteiger partial charge on any atom is -0.494 e. The number of aryl methyl sites for hydroxylation is 1. The quantitative estimate of drug-likeness (QED) is 0.680. The first-order valence-electron chi connectivity index (χ1n) is 6.36. The number of carbonyl (C=O) groups excluding carboxylic acids is 1. The lowest BCUT2D eigenvalue weighted by Gasteiger charge is -2.10. The van der Waals surface area contributed by atoms with Crippen LogP contribution in [-0.2, 0) is 0 Å². The first-order chi connectivity index (χ1) is 9.52. The maximum absolute atomic E-state index is 12.6. The lowest BCUT2D eigenvalue weighted by molar-refractivity contribution is 0.103. The zero-order valence-electron chi connectivity index (χ0n) is 11.4. The maximum atomic E-state index is 12.6. The first kappa shape index (κ1) is 14.6. The molecule has 2 N–H and O–H groups in total. The molecular weight excluding hydrogens is 318 g/mol. The van der Waals surface area contributed by atoms with Crippen LogP contribution in [0.5, 0.6) is 5.75 Å². The van der Waals surface area contributed by atoms with Gasteiger partial charge in [0.05, 0.1) is 6.61 Å². The monoisotopic (exact) mass is 333 g/mol. The zero-order chi connectivity index (χ0) is 14.7. The third-order valence-corrected chi connectivity index (χ3v) is 3.66. The number of ether oxygens (including phenoxy) is 1. The van der Waals surface area contributed by atoms with Crippen LogP contribution in [0.2, 0.25) is 0 Å². The Morgan fingerprint density at radius 1 is 1.20 bits per heavy atom. The van der Waals surface area contributed by atoms with Crippen LogP contribution in [0.1, 0.15) is 28.4 Å². The molecule has 0 saturated carbocycles. The predicted molar refractivity (Wildman–Crippen MR) is 84.3 cm³/mol. The Labute approximate surface area is 126 Å². The Bertz CT molecular complexity index is 653. The summed E-state index contributed by atoms with van der Waals surface area (Å²) in [5.74, 6) is 0.685. The molecule has 0 amide bonds. The third-order valence-electron chi connectivity index (χ3n) is 3.00. The number of hydrogen-bond donors (Lipinski definition) is 1. The average molecular weight is 334 g/mol. The molecule has 2 aromatic rings. The highest BCUT2D eigenvalue weighted by Crippen LogP contribution is 2.26. The van der Waals surface area contributed by atoms with Gasteiger partial charge in [0, 0.05) is 21.3 Å². The van der Waals surface area contributed by atoms with Crippen molar-refractivity contribution in [2.24, 2.45) is 0 Å². The summed E-state index contributed by atoms with van der Waals surface area (Å²) in [5, 5.41) is 0. The molecule has 0 unspecified atom stereocenters. The normalized spacial score (nSPS) is 10.3. The maximum Gasteiger partial charge on any atom is 0.194 e. The van der Waals surface area contributed by atoms with Gasteiger partial charge in [-0.25, -0.2) is 0 Å². The van der Waals surface area contributed by atoms with Gasteiger partial charge in [0.25, 0.3) is 0 Å². The number of nitrogen functional groups attached to an aromatic ring is 1. The van der Waals surface area contributed by atoms with Gasteiger partial charge in [-0.15, -0.1) is 0 Å². The van der Waals surface area contributed by atoms with E-state index in [1.165, 1.54) is 0 Å². The highest BCUT2D eigenvalue weighted by molar-refractivity contribution is 9.10. The van der Waals surface area contributed by atoms with Crippen LogP contribution < -0.4 is 10.5 Å². The first-order valence-corrected chi connectivity index (χ1v) is 7.15. The lowest BCUT2D eigenvalue weighted by atomic mass is 9.98. The molecule has 2 aromatic carbocycles. The van der Waals surface area contributed by atoms with E-state index >= 15 is 0 Å². The van der Waals surface area contributed by atoms with Gasteiger partial charge in [-0.05, 0) is 65.7 Å². The van der Waals surface area contributed by atoms with Gasteiger partial charge >= 0.3 is 0 Å². The predicted octanol–water partition coefficient (Wildman–Crippen LogP) is 3.97. The van der Waals surface area contributed by atoms with Crippen molar-refractivity contribution < 1.29 is 9.53 Å². The number of halogens is 1. The fourth-order valence-corrected chi connectivity index (χ4v) is 2.50. The van der Waals surface area contributed by atoms with Gasteiger partial charge in [0.15, 0.2) is 5.78 Å². The van der Waals surface area contributed by atoms with Crippen LogP contribution >= 0.6 is 15.9 Å². The van der Waals surface area contributed by atoms with E-state index in [2.05, 4.69) is 15.9 Å². The van der Waals surface area contributed by atoms with E-state index in [1.807, 2.05) is 19.9 Å². The second-order valence-electron chi connectivity index (χ2n) is 4.48. The van der Waals surface area contributed by atoms with Crippen molar-refractivity contribution in [2.45, 2.75) is 13.8 Å². The number of carbonyl (C=O) groups is 1. The second kappa shape index (κ2) is 6.09.